The van der Waals surface area contributed by atoms with Crippen LogP contribution >= 0.6 is 12.2 Å². The Morgan fingerprint density at radius 2 is 2.30 bits per heavy atom. The molecule has 2 heterocycles. The van der Waals surface area contributed by atoms with E-state index in [1.54, 1.807) is 7.11 Å². The number of thiocarbonyl (C=S) groups is 1. The van der Waals surface area contributed by atoms with Gasteiger partial charge in [-0.2, -0.15) is 0 Å². The zero-order chi connectivity index (χ0) is 14.5. The zero-order valence-corrected chi connectivity index (χ0v) is 13.1. The number of nitrogens with zero attached hydrogens (tertiary/aromatic N) is 1. The fourth-order valence-corrected chi connectivity index (χ4v) is 3.82. The summed E-state index contributed by atoms with van der Waals surface area (Å²) < 4.78 is 11.7. The third-order valence-corrected chi connectivity index (χ3v) is 4.59. The molecule has 0 saturated carbocycles. The molecule has 2 aliphatic heterocycles. The standard InChI is InChI=1S/C15H20N2O2S/c1-5-17-14(20)16-11-8-15(17,3)19-12-7-10(18-4)6-9(2)13(11)12/h6-7,11H,5,8H2,1-4H3,(H,16,20). The van der Waals surface area contributed by atoms with Crippen LogP contribution in [0.1, 0.15) is 37.4 Å². The molecule has 108 valence electrons. The maximum atomic E-state index is 6.31. The van der Waals surface area contributed by atoms with Crippen molar-refractivity contribution >= 4 is 17.3 Å². The number of methoxy groups -OCH3 is 1. The SMILES string of the molecule is CCN1C(=S)NC2CC1(C)Oc1cc(OC)cc(C)c12. The van der Waals surface area contributed by atoms with Gasteiger partial charge in [-0.3, -0.25) is 0 Å². The monoisotopic (exact) mass is 292 g/mol. The molecular formula is C15H20N2O2S. The summed E-state index contributed by atoms with van der Waals surface area (Å²) in [6.07, 6.45) is 0.890. The first-order chi connectivity index (χ1) is 9.48. The summed E-state index contributed by atoms with van der Waals surface area (Å²) in [6.45, 7) is 7.11. The lowest BCUT2D eigenvalue weighted by Gasteiger charge is -2.52. The number of benzene rings is 1. The zero-order valence-electron chi connectivity index (χ0n) is 12.3. The summed E-state index contributed by atoms with van der Waals surface area (Å²) in [5, 5.41) is 4.22. The summed E-state index contributed by atoms with van der Waals surface area (Å²) >= 11 is 5.48. The Labute approximate surface area is 125 Å². The Hall–Kier alpha value is -1.49. The van der Waals surface area contributed by atoms with E-state index in [-0.39, 0.29) is 11.8 Å². The van der Waals surface area contributed by atoms with Gasteiger partial charge in [-0.1, -0.05) is 0 Å². The highest BCUT2D eigenvalue weighted by atomic mass is 32.1. The highest BCUT2D eigenvalue weighted by molar-refractivity contribution is 7.80. The number of fused-ring (bicyclic) bond motifs is 4. The molecular weight excluding hydrogens is 272 g/mol. The molecule has 2 bridgehead atoms. The maximum absolute atomic E-state index is 6.31. The number of ether oxygens (including phenoxy) is 2. The summed E-state index contributed by atoms with van der Waals surface area (Å²) in [7, 11) is 1.68. The first-order valence-corrected chi connectivity index (χ1v) is 7.35. The van der Waals surface area contributed by atoms with Gasteiger partial charge in [-0.25, -0.2) is 0 Å². The summed E-state index contributed by atoms with van der Waals surface area (Å²) in [6, 6.07) is 4.23. The normalized spacial score (nSPS) is 27.5. The molecule has 0 amide bonds. The predicted molar refractivity (Wildman–Crippen MR) is 82.2 cm³/mol. The fourth-order valence-electron chi connectivity index (χ4n) is 3.35. The van der Waals surface area contributed by atoms with Crippen molar-refractivity contribution in [1.82, 2.24) is 10.2 Å². The Morgan fingerprint density at radius 1 is 1.55 bits per heavy atom. The molecule has 4 nitrogen and oxygen atoms in total. The van der Waals surface area contributed by atoms with E-state index in [1.807, 2.05) is 12.1 Å². The van der Waals surface area contributed by atoms with E-state index < -0.39 is 0 Å². The number of rotatable bonds is 2. The average molecular weight is 292 g/mol. The largest absolute Gasteiger partial charge is 0.497 e. The molecule has 1 N–H and O–H groups in total. The van der Waals surface area contributed by atoms with E-state index in [0.29, 0.717) is 0 Å². The third-order valence-electron chi connectivity index (χ3n) is 4.25. The van der Waals surface area contributed by atoms with Crippen LogP contribution in [0.25, 0.3) is 0 Å². The minimum Gasteiger partial charge on any atom is -0.497 e. The van der Waals surface area contributed by atoms with E-state index >= 15 is 0 Å². The Kier molecular flexibility index (Phi) is 3.05. The van der Waals surface area contributed by atoms with E-state index in [1.165, 1.54) is 11.1 Å². The number of nitrogens with one attached hydrogen (secondary N) is 1. The van der Waals surface area contributed by atoms with Gasteiger partial charge in [0.2, 0.25) is 0 Å². The van der Waals surface area contributed by atoms with Gasteiger partial charge < -0.3 is 19.7 Å². The van der Waals surface area contributed by atoms with Gasteiger partial charge in [0, 0.05) is 24.6 Å². The minimum atomic E-state index is -0.381. The van der Waals surface area contributed by atoms with Crippen LogP contribution in [0.3, 0.4) is 0 Å². The molecule has 0 aromatic heterocycles. The average Bonchev–Trinajstić information content (AvgIpc) is 2.36. The molecule has 3 rings (SSSR count). The topological polar surface area (TPSA) is 33.7 Å². The summed E-state index contributed by atoms with van der Waals surface area (Å²) in [5.41, 5.74) is 1.99. The van der Waals surface area contributed by atoms with E-state index in [9.17, 15) is 0 Å². The van der Waals surface area contributed by atoms with Crippen LogP contribution < -0.4 is 14.8 Å². The molecule has 2 unspecified atom stereocenters. The molecule has 2 aliphatic rings. The first kappa shape index (κ1) is 13.5. The van der Waals surface area contributed by atoms with Gasteiger partial charge in [0.05, 0.1) is 13.2 Å². The molecule has 0 spiro atoms. The number of hydrogen-bond acceptors (Lipinski definition) is 3. The molecule has 0 aliphatic carbocycles. The van der Waals surface area contributed by atoms with Crippen molar-refractivity contribution in [1.29, 1.82) is 0 Å². The van der Waals surface area contributed by atoms with Crippen molar-refractivity contribution < 1.29 is 9.47 Å². The van der Waals surface area contributed by atoms with Crippen LogP contribution in [-0.4, -0.2) is 29.4 Å². The highest BCUT2D eigenvalue weighted by Crippen LogP contribution is 2.46. The van der Waals surface area contributed by atoms with Crippen molar-refractivity contribution in [3.63, 3.8) is 0 Å². The van der Waals surface area contributed by atoms with E-state index in [2.05, 4.69) is 31.0 Å². The first-order valence-electron chi connectivity index (χ1n) is 6.94. The molecule has 20 heavy (non-hydrogen) atoms. The van der Waals surface area contributed by atoms with Gasteiger partial charge in [-0.05, 0) is 44.6 Å². The lowest BCUT2D eigenvalue weighted by atomic mass is 9.88. The second-order valence-corrected chi connectivity index (χ2v) is 5.97. The summed E-state index contributed by atoms with van der Waals surface area (Å²) in [5.74, 6) is 1.73. The van der Waals surface area contributed by atoms with Crippen molar-refractivity contribution in [2.45, 2.75) is 39.0 Å². The quantitative estimate of drug-likeness (QED) is 0.848. The lowest BCUT2D eigenvalue weighted by molar-refractivity contribution is -0.0661. The van der Waals surface area contributed by atoms with Crippen LogP contribution in [0.15, 0.2) is 12.1 Å². The van der Waals surface area contributed by atoms with E-state index in [4.69, 9.17) is 21.7 Å². The van der Waals surface area contributed by atoms with E-state index in [0.717, 1.165) is 29.6 Å². The Morgan fingerprint density at radius 3 is 2.95 bits per heavy atom. The molecule has 1 saturated heterocycles. The molecule has 1 aromatic carbocycles. The molecule has 5 heteroatoms. The van der Waals surface area contributed by atoms with Crippen LogP contribution in [0.4, 0.5) is 0 Å². The Balaban J connectivity index is 2.11. The van der Waals surface area contributed by atoms with Gasteiger partial charge in [-0.15, -0.1) is 0 Å². The van der Waals surface area contributed by atoms with Crippen molar-refractivity contribution in [3.05, 3.63) is 23.3 Å². The second-order valence-electron chi connectivity index (χ2n) is 5.58. The van der Waals surface area contributed by atoms with Crippen LogP contribution in [0.2, 0.25) is 0 Å². The van der Waals surface area contributed by atoms with Crippen LogP contribution in [-0.2, 0) is 0 Å². The Bertz CT molecular complexity index is 575. The van der Waals surface area contributed by atoms with Gasteiger partial charge in [0.25, 0.3) is 0 Å². The van der Waals surface area contributed by atoms with Crippen LogP contribution in [0.5, 0.6) is 11.5 Å². The van der Waals surface area contributed by atoms with Crippen LogP contribution in [0, 0.1) is 6.92 Å². The van der Waals surface area contributed by atoms with Gasteiger partial charge >= 0.3 is 0 Å². The van der Waals surface area contributed by atoms with Crippen molar-refractivity contribution in [2.24, 2.45) is 0 Å². The predicted octanol–water partition coefficient (Wildman–Crippen LogP) is 2.75. The second kappa shape index (κ2) is 4.52. The summed E-state index contributed by atoms with van der Waals surface area (Å²) in [4.78, 5) is 2.11. The molecule has 0 radical (unpaired) electrons. The lowest BCUT2D eigenvalue weighted by Crippen LogP contribution is -2.64. The molecule has 1 aromatic rings. The van der Waals surface area contributed by atoms with Crippen molar-refractivity contribution in [3.8, 4) is 11.5 Å². The minimum absolute atomic E-state index is 0.213. The number of hydrogen-bond donors (Lipinski definition) is 1. The van der Waals surface area contributed by atoms with Gasteiger partial charge in [0.15, 0.2) is 10.8 Å². The smallest absolute Gasteiger partial charge is 0.184 e. The number of aryl methyl sites for hydroxylation is 1. The highest BCUT2D eigenvalue weighted by Gasteiger charge is 2.47. The van der Waals surface area contributed by atoms with Crippen molar-refractivity contribution in [2.75, 3.05) is 13.7 Å². The third kappa shape index (κ3) is 1.84. The fraction of sp³-hybridized carbons (Fsp3) is 0.533. The van der Waals surface area contributed by atoms with Gasteiger partial charge in [0.1, 0.15) is 11.5 Å². The maximum Gasteiger partial charge on any atom is 0.184 e. The molecule has 2 atom stereocenters. The molecule has 1 fully saturated rings.